The Kier molecular flexibility index (Phi) is 6.08. The molecular weight excluding hydrogens is 314 g/mol. The Morgan fingerprint density at radius 2 is 1.68 bits per heavy atom. The number of benzene rings is 1. The quantitative estimate of drug-likeness (QED) is 0.890. The van der Waals surface area contributed by atoms with Crippen LogP contribution in [0.3, 0.4) is 0 Å². The molecule has 136 valence electrons. The monoisotopic (exact) mass is 343 g/mol. The van der Waals surface area contributed by atoms with Gasteiger partial charge in [0.25, 0.3) is 5.91 Å². The van der Waals surface area contributed by atoms with Crippen molar-refractivity contribution < 1.29 is 9.59 Å². The molecule has 1 saturated heterocycles. The maximum atomic E-state index is 12.6. The third kappa shape index (κ3) is 4.82. The lowest BCUT2D eigenvalue weighted by Gasteiger charge is -2.34. The van der Waals surface area contributed by atoms with Crippen LogP contribution in [0.5, 0.6) is 0 Å². The Morgan fingerprint density at radius 1 is 1.04 bits per heavy atom. The molecule has 1 aliphatic heterocycles. The molecule has 1 aromatic rings. The van der Waals surface area contributed by atoms with Gasteiger partial charge in [-0.15, -0.1) is 0 Å². The van der Waals surface area contributed by atoms with Crippen molar-refractivity contribution in [2.75, 3.05) is 32.7 Å². The lowest BCUT2D eigenvalue weighted by atomic mass is 10.1. The zero-order valence-corrected chi connectivity index (χ0v) is 15.2. The molecule has 25 heavy (non-hydrogen) atoms. The molecule has 0 bridgehead atoms. The van der Waals surface area contributed by atoms with Crippen molar-refractivity contribution in [1.29, 1.82) is 0 Å². The largest absolute Gasteiger partial charge is 0.352 e. The Labute approximate surface area is 150 Å². The van der Waals surface area contributed by atoms with E-state index in [0.29, 0.717) is 25.7 Å². The van der Waals surface area contributed by atoms with Crippen molar-refractivity contribution >= 4 is 11.8 Å². The van der Waals surface area contributed by atoms with Crippen molar-refractivity contribution in [2.45, 2.75) is 45.1 Å². The van der Waals surface area contributed by atoms with Gasteiger partial charge in [0.1, 0.15) is 0 Å². The van der Waals surface area contributed by atoms with E-state index < -0.39 is 0 Å². The molecule has 0 spiro atoms. The first kappa shape index (κ1) is 17.9. The van der Waals surface area contributed by atoms with Gasteiger partial charge in [0.15, 0.2) is 0 Å². The van der Waals surface area contributed by atoms with Crippen LogP contribution in [-0.2, 0) is 11.2 Å². The fourth-order valence-electron chi connectivity index (χ4n) is 3.72. The number of aryl methyl sites for hydroxylation is 1. The van der Waals surface area contributed by atoms with E-state index >= 15 is 0 Å². The summed E-state index contributed by atoms with van der Waals surface area (Å²) in [6.07, 6.45) is 5.67. The van der Waals surface area contributed by atoms with Gasteiger partial charge >= 0.3 is 0 Å². The Hall–Kier alpha value is -1.88. The second-order valence-electron chi connectivity index (χ2n) is 7.17. The Balaban J connectivity index is 1.44. The number of carbonyl (C=O) groups is 2. The fourth-order valence-corrected chi connectivity index (χ4v) is 3.72. The third-order valence-electron chi connectivity index (χ3n) is 5.36. The number of nitrogens with one attached hydrogen (secondary N) is 1. The number of nitrogens with zero attached hydrogens (tertiary/aromatic N) is 2. The van der Waals surface area contributed by atoms with Gasteiger partial charge in [-0.05, 0) is 37.0 Å². The average Bonchev–Trinajstić information content (AvgIpc) is 3.14. The zero-order valence-electron chi connectivity index (χ0n) is 15.2. The van der Waals surface area contributed by atoms with Crippen molar-refractivity contribution in [3.8, 4) is 0 Å². The third-order valence-corrected chi connectivity index (χ3v) is 5.36. The SMILES string of the molecule is CCc1ccc(C(=O)N2CCN(CC(=O)NC3CCCC3)CC2)cc1. The first-order valence-corrected chi connectivity index (χ1v) is 9.55. The van der Waals surface area contributed by atoms with Crippen molar-refractivity contribution in [3.63, 3.8) is 0 Å². The van der Waals surface area contributed by atoms with E-state index in [1.54, 1.807) is 0 Å². The first-order valence-electron chi connectivity index (χ1n) is 9.55. The molecule has 0 atom stereocenters. The van der Waals surface area contributed by atoms with E-state index in [4.69, 9.17) is 0 Å². The molecule has 2 aliphatic rings. The standard InChI is InChI=1S/C20H29N3O2/c1-2-16-7-9-17(10-8-16)20(25)23-13-11-22(12-14-23)15-19(24)21-18-5-3-4-6-18/h7-10,18H,2-6,11-15H2,1H3,(H,21,24). The van der Waals surface area contributed by atoms with E-state index in [-0.39, 0.29) is 11.8 Å². The molecule has 5 nitrogen and oxygen atoms in total. The van der Waals surface area contributed by atoms with Crippen LogP contribution in [-0.4, -0.2) is 60.4 Å². The highest BCUT2D eigenvalue weighted by Crippen LogP contribution is 2.17. The molecular formula is C20H29N3O2. The summed E-state index contributed by atoms with van der Waals surface area (Å²) < 4.78 is 0. The molecule has 1 aliphatic carbocycles. The predicted octanol–water partition coefficient (Wildman–Crippen LogP) is 2.07. The molecule has 1 heterocycles. The highest BCUT2D eigenvalue weighted by atomic mass is 16.2. The van der Waals surface area contributed by atoms with E-state index in [1.807, 2.05) is 29.2 Å². The van der Waals surface area contributed by atoms with E-state index in [0.717, 1.165) is 37.9 Å². The van der Waals surface area contributed by atoms with Crippen molar-refractivity contribution in [2.24, 2.45) is 0 Å². The number of carbonyl (C=O) groups excluding carboxylic acids is 2. The summed E-state index contributed by atoms with van der Waals surface area (Å²) in [4.78, 5) is 28.8. The minimum Gasteiger partial charge on any atom is -0.352 e. The summed E-state index contributed by atoms with van der Waals surface area (Å²) in [5.74, 6) is 0.222. The average molecular weight is 343 g/mol. The molecule has 0 radical (unpaired) electrons. The van der Waals surface area contributed by atoms with Gasteiger partial charge in [-0.1, -0.05) is 31.9 Å². The van der Waals surface area contributed by atoms with Crippen molar-refractivity contribution in [1.82, 2.24) is 15.1 Å². The van der Waals surface area contributed by atoms with E-state index in [9.17, 15) is 9.59 Å². The minimum atomic E-state index is 0.0951. The molecule has 1 saturated carbocycles. The maximum absolute atomic E-state index is 12.6. The smallest absolute Gasteiger partial charge is 0.253 e. The van der Waals surface area contributed by atoms with Crippen LogP contribution in [0.2, 0.25) is 0 Å². The number of piperazine rings is 1. The van der Waals surface area contributed by atoms with Crippen LogP contribution in [0, 0.1) is 0 Å². The summed E-state index contributed by atoms with van der Waals surface area (Å²) in [6, 6.07) is 8.26. The van der Waals surface area contributed by atoms with Crippen LogP contribution in [0.1, 0.15) is 48.5 Å². The van der Waals surface area contributed by atoms with Gasteiger partial charge in [0, 0.05) is 37.8 Å². The number of hydrogen-bond donors (Lipinski definition) is 1. The number of amides is 2. The van der Waals surface area contributed by atoms with Gasteiger partial charge in [-0.25, -0.2) is 0 Å². The molecule has 0 aromatic heterocycles. The van der Waals surface area contributed by atoms with Crippen LogP contribution in [0.15, 0.2) is 24.3 Å². The topological polar surface area (TPSA) is 52.7 Å². The fraction of sp³-hybridized carbons (Fsp3) is 0.600. The highest BCUT2D eigenvalue weighted by Gasteiger charge is 2.24. The Bertz CT molecular complexity index is 585. The van der Waals surface area contributed by atoms with Gasteiger partial charge in [0.05, 0.1) is 6.54 Å². The minimum absolute atomic E-state index is 0.0951. The number of hydrogen-bond acceptors (Lipinski definition) is 3. The van der Waals surface area contributed by atoms with E-state index in [1.165, 1.54) is 18.4 Å². The predicted molar refractivity (Wildman–Crippen MR) is 98.6 cm³/mol. The van der Waals surface area contributed by atoms with Crippen LogP contribution in [0.4, 0.5) is 0 Å². The van der Waals surface area contributed by atoms with Crippen LogP contribution in [0.25, 0.3) is 0 Å². The van der Waals surface area contributed by atoms with Gasteiger partial charge in [-0.3, -0.25) is 14.5 Å². The molecule has 3 rings (SSSR count). The lowest BCUT2D eigenvalue weighted by Crippen LogP contribution is -2.51. The zero-order chi connectivity index (χ0) is 17.6. The summed E-state index contributed by atoms with van der Waals surface area (Å²) in [5.41, 5.74) is 2.00. The first-order chi connectivity index (χ1) is 12.2. The van der Waals surface area contributed by atoms with Crippen molar-refractivity contribution in [3.05, 3.63) is 35.4 Å². The molecule has 1 N–H and O–H groups in total. The summed E-state index contributed by atoms with van der Waals surface area (Å²) in [6.45, 7) is 5.45. The summed E-state index contributed by atoms with van der Waals surface area (Å²) >= 11 is 0. The molecule has 1 aromatic carbocycles. The number of rotatable bonds is 5. The van der Waals surface area contributed by atoms with E-state index in [2.05, 4.69) is 17.1 Å². The molecule has 0 unspecified atom stereocenters. The molecule has 2 fully saturated rings. The van der Waals surface area contributed by atoms with Gasteiger partial charge < -0.3 is 10.2 Å². The van der Waals surface area contributed by atoms with Crippen LogP contribution < -0.4 is 5.32 Å². The summed E-state index contributed by atoms with van der Waals surface area (Å²) in [7, 11) is 0. The molecule has 2 amide bonds. The second-order valence-corrected chi connectivity index (χ2v) is 7.17. The van der Waals surface area contributed by atoms with Crippen LogP contribution >= 0.6 is 0 Å². The second kappa shape index (κ2) is 8.48. The Morgan fingerprint density at radius 3 is 2.28 bits per heavy atom. The van der Waals surface area contributed by atoms with Gasteiger partial charge in [0.2, 0.25) is 5.91 Å². The molecule has 5 heteroatoms. The normalized spacial score (nSPS) is 19.2. The highest BCUT2D eigenvalue weighted by molar-refractivity contribution is 5.94. The van der Waals surface area contributed by atoms with Gasteiger partial charge in [-0.2, -0.15) is 0 Å². The summed E-state index contributed by atoms with van der Waals surface area (Å²) in [5, 5.41) is 3.14. The lowest BCUT2D eigenvalue weighted by molar-refractivity contribution is -0.123. The maximum Gasteiger partial charge on any atom is 0.253 e.